The summed E-state index contributed by atoms with van der Waals surface area (Å²) in [4.78, 5) is 23.2. The highest BCUT2D eigenvalue weighted by molar-refractivity contribution is 5.78. The number of carbonyl (C=O) groups excluding carboxylic acids is 2. The Morgan fingerprint density at radius 1 is 0.917 bits per heavy atom. The highest BCUT2D eigenvalue weighted by atomic mass is 16.5. The van der Waals surface area contributed by atoms with Gasteiger partial charge in [-0.1, -0.05) is 58.8 Å². The summed E-state index contributed by atoms with van der Waals surface area (Å²) < 4.78 is 5.12. The zero-order valence-corrected chi connectivity index (χ0v) is 16.5. The molecular weight excluding hydrogens is 302 g/mol. The Kier molecular flexibility index (Phi) is 13.7. The number of unbranched alkanes of at least 4 members (excludes halogenated alkanes) is 5. The summed E-state index contributed by atoms with van der Waals surface area (Å²) in [6, 6.07) is 0.110. The maximum absolute atomic E-state index is 11.9. The summed E-state index contributed by atoms with van der Waals surface area (Å²) in [6.07, 6.45) is 9.71. The van der Waals surface area contributed by atoms with Crippen LogP contribution in [0, 0.1) is 11.8 Å². The van der Waals surface area contributed by atoms with Gasteiger partial charge in [0.15, 0.2) is 0 Å². The molecule has 2 unspecified atom stereocenters. The Hall–Kier alpha value is -1.06. The molecule has 1 N–H and O–H groups in total. The molecule has 0 radical (unpaired) electrons. The molecule has 4 heteroatoms. The topological polar surface area (TPSA) is 55.4 Å². The fourth-order valence-corrected chi connectivity index (χ4v) is 3.07. The van der Waals surface area contributed by atoms with Crippen molar-refractivity contribution >= 4 is 11.9 Å². The van der Waals surface area contributed by atoms with Crippen LogP contribution < -0.4 is 5.32 Å². The van der Waals surface area contributed by atoms with E-state index < -0.39 is 0 Å². The number of rotatable bonds is 14. The summed E-state index contributed by atoms with van der Waals surface area (Å²) in [5.74, 6) is 1.01. The van der Waals surface area contributed by atoms with Crippen LogP contribution in [0.4, 0.5) is 4.79 Å². The van der Waals surface area contributed by atoms with E-state index in [-0.39, 0.29) is 18.1 Å². The molecule has 0 aromatic rings. The maximum atomic E-state index is 11.9. The fraction of sp³-hybridized carbons (Fsp3) is 0.900. The number of ketones is 1. The van der Waals surface area contributed by atoms with Gasteiger partial charge in [0.1, 0.15) is 5.78 Å². The van der Waals surface area contributed by atoms with Crippen molar-refractivity contribution < 1.29 is 14.3 Å². The van der Waals surface area contributed by atoms with Gasteiger partial charge in [0.2, 0.25) is 0 Å². The highest BCUT2D eigenvalue weighted by Crippen LogP contribution is 2.25. The van der Waals surface area contributed by atoms with Crippen molar-refractivity contribution in [1.82, 2.24) is 5.32 Å². The van der Waals surface area contributed by atoms with Crippen LogP contribution in [0.15, 0.2) is 0 Å². The number of nitrogens with one attached hydrogen (secondary N) is 1. The molecule has 0 aliphatic rings. The molecule has 0 aliphatic heterocycles. The lowest BCUT2D eigenvalue weighted by Gasteiger charge is -2.21. The molecular formula is C20H39NO3. The van der Waals surface area contributed by atoms with Crippen LogP contribution in [0.5, 0.6) is 0 Å². The van der Waals surface area contributed by atoms with E-state index in [2.05, 4.69) is 19.2 Å². The molecule has 0 aliphatic carbocycles. The van der Waals surface area contributed by atoms with Crippen molar-refractivity contribution in [2.24, 2.45) is 11.8 Å². The molecule has 24 heavy (non-hydrogen) atoms. The second-order valence-electron chi connectivity index (χ2n) is 7.33. The van der Waals surface area contributed by atoms with Crippen molar-refractivity contribution in [3.05, 3.63) is 0 Å². The molecule has 0 bridgehead atoms. The smallest absolute Gasteiger partial charge is 0.407 e. The van der Waals surface area contributed by atoms with Gasteiger partial charge < -0.3 is 10.1 Å². The van der Waals surface area contributed by atoms with Crippen LogP contribution in [0.25, 0.3) is 0 Å². The summed E-state index contributed by atoms with van der Waals surface area (Å²) in [5, 5.41) is 2.71. The highest BCUT2D eigenvalue weighted by Gasteiger charge is 2.20. The Morgan fingerprint density at radius 2 is 1.54 bits per heavy atom. The van der Waals surface area contributed by atoms with Crippen LogP contribution >= 0.6 is 0 Å². The molecule has 0 saturated carbocycles. The third-order valence-electron chi connectivity index (χ3n) is 4.52. The first kappa shape index (κ1) is 22.9. The van der Waals surface area contributed by atoms with E-state index in [0.717, 1.165) is 32.1 Å². The summed E-state index contributed by atoms with van der Waals surface area (Å²) in [6.45, 7) is 10.5. The SMILES string of the molecule is CCCCCCC(C(C)=O)C(C)CCCCCOC(=O)NC(C)C. The number of Topliss-reactive ketones (excluding diaryl/α,β-unsaturated/α-hetero) is 1. The van der Waals surface area contributed by atoms with Crippen LogP contribution in [-0.4, -0.2) is 24.5 Å². The minimum atomic E-state index is -0.331. The minimum Gasteiger partial charge on any atom is -0.450 e. The van der Waals surface area contributed by atoms with Gasteiger partial charge in [0.05, 0.1) is 6.61 Å². The van der Waals surface area contributed by atoms with Crippen molar-refractivity contribution in [2.45, 2.75) is 98.4 Å². The fourth-order valence-electron chi connectivity index (χ4n) is 3.07. The van der Waals surface area contributed by atoms with Gasteiger partial charge in [-0.3, -0.25) is 4.79 Å². The van der Waals surface area contributed by atoms with Crippen LogP contribution in [0.1, 0.15) is 92.4 Å². The Labute approximate surface area is 149 Å². The lowest BCUT2D eigenvalue weighted by molar-refractivity contribution is -0.122. The molecule has 0 aromatic heterocycles. The number of carbonyl (C=O) groups is 2. The van der Waals surface area contributed by atoms with Crippen molar-refractivity contribution in [3.63, 3.8) is 0 Å². The molecule has 0 heterocycles. The molecule has 1 amide bonds. The molecule has 0 fully saturated rings. The second kappa shape index (κ2) is 14.3. The van der Waals surface area contributed by atoms with E-state index in [1.54, 1.807) is 6.92 Å². The Morgan fingerprint density at radius 3 is 2.12 bits per heavy atom. The normalized spacial score (nSPS) is 13.6. The number of ether oxygens (including phenoxy) is 1. The Bertz CT molecular complexity index is 342. The third kappa shape index (κ3) is 12.4. The van der Waals surface area contributed by atoms with E-state index in [1.165, 1.54) is 25.7 Å². The lowest BCUT2D eigenvalue weighted by atomic mass is 9.83. The van der Waals surface area contributed by atoms with Gasteiger partial charge in [0.25, 0.3) is 0 Å². The van der Waals surface area contributed by atoms with Gasteiger partial charge in [0, 0.05) is 12.0 Å². The van der Waals surface area contributed by atoms with Crippen LogP contribution in [0.3, 0.4) is 0 Å². The van der Waals surface area contributed by atoms with E-state index in [1.807, 2.05) is 13.8 Å². The summed E-state index contributed by atoms with van der Waals surface area (Å²) >= 11 is 0. The van der Waals surface area contributed by atoms with E-state index >= 15 is 0 Å². The minimum absolute atomic E-state index is 0.110. The van der Waals surface area contributed by atoms with Gasteiger partial charge in [-0.25, -0.2) is 4.79 Å². The number of alkyl carbamates (subject to hydrolysis) is 1. The summed E-state index contributed by atoms with van der Waals surface area (Å²) in [7, 11) is 0. The second-order valence-corrected chi connectivity index (χ2v) is 7.33. The molecule has 0 rings (SSSR count). The van der Waals surface area contributed by atoms with Gasteiger partial charge in [-0.2, -0.15) is 0 Å². The molecule has 0 saturated heterocycles. The lowest BCUT2D eigenvalue weighted by Crippen LogP contribution is -2.30. The average molecular weight is 342 g/mol. The predicted octanol–water partition coefficient (Wildman–Crippen LogP) is 5.49. The van der Waals surface area contributed by atoms with Gasteiger partial charge >= 0.3 is 6.09 Å². The number of hydrogen-bond acceptors (Lipinski definition) is 3. The first-order chi connectivity index (χ1) is 11.4. The molecule has 0 spiro atoms. The molecule has 142 valence electrons. The third-order valence-corrected chi connectivity index (χ3v) is 4.52. The van der Waals surface area contributed by atoms with E-state index in [0.29, 0.717) is 18.3 Å². The molecule has 0 aromatic carbocycles. The van der Waals surface area contributed by atoms with Crippen molar-refractivity contribution in [2.75, 3.05) is 6.61 Å². The number of amides is 1. The predicted molar refractivity (Wildman–Crippen MR) is 100 cm³/mol. The zero-order chi connectivity index (χ0) is 18.4. The van der Waals surface area contributed by atoms with Crippen molar-refractivity contribution in [3.8, 4) is 0 Å². The van der Waals surface area contributed by atoms with E-state index in [9.17, 15) is 9.59 Å². The van der Waals surface area contributed by atoms with Crippen LogP contribution in [-0.2, 0) is 9.53 Å². The first-order valence-corrected chi connectivity index (χ1v) is 9.82. The molecule has 2 atom stereocenters. The zero-order valence-electron chi connectivity index (χ0n) is 16.5. The monoisotopic (exact) mass is 341 g/mol. The van der Waals surface area contributed by atoms with Crippen LogP contribution in [0.2, 0.25) is 0 Å². The summed E-state index contributed by atoms with van der Waals surface area (Å²) in [5.41, 5.74) is 0. The van der Waals surface area contributed by atoms with Gasteiger partial charge in [-0.05, 0) is 39.5 Å². The Balaban J connectivity index is 3.81. The van der Waals surface area contributed by atoms with Gasteiger partial charge in [-0.15, -0.1) is 0 Å². The average Bonchev–Trinajstić information content (AvgIpc) is 2.49. The largest absolute Gasteiger partial charge is 0.450 e. The first-order valence-electron chi connectivity index (χ1n) is 9.82. The van der Waals surface area contributed by atoms with E-state index in [4.69, 9.17) is 4.74 Å². The standard InChI is InChI=1S/C20H39NO3/c1-6-7-8-11-14-19(18(5)22)17(4)13-10-9-12-15-24-20(23)21-16(2)3/h16-17,19H,6-15H2,1-5H3,(H,21,23). The molecule has 4 nitrogen and oxygen atoms in total. The number of hydrogen-bond donors (Lipinski definition) is 1. The van der Waals surface area contributed by atoms with Crippen molar-refractivity contribution in [1.29, 1.82) is 0 Å². The maximum Gasteiger partial charge on any atom is 0.407 e. The quantitative estimate of drug-likeness (QED) is 0.425.